The summed E-state index contributed by atoms with van der Waals surface area (Å²) in [5, 5.41) is 0. The number of fused-ring (bicyclic) bond motifs is 2. The van der Waals surface area contributed by atoms with Gasteiger partial charge in [0.05, 0.1) is 0 Å². The third-order valence-corrected chi connectivity index (χ3v) is 4.65. The molecule has 0 aromatic rings. The largest absolute Gasteiger partial charge is 0.381 e. The Labute approximate surface area is 107 Å². The second-order valence-corrected chi connectivity index (χ2v) is 5.99. The predicted octanol–water partition coefficient (Wildman–Crippen LogP) is 4.43. The van der Waals surface area contributed by atoms with Crippen molar-refractivity contribution < 1.29 is 4.74 Å². The molecule has 0 aromatic heterocycles. The molecule has 0 spiro atoms. The summed E-state index contributed by atoms with van der Waals surface area (Å²) in [5.74, 6) is 3.35. The van der Waals surface area contributed by atoms with Crippen molar-refractivity contribution >= 4 is 0 Å². The lowest BCUT2D eigenvalue weighted by molar-refractivity contribution is 0.0604. The highest BCUT2D eigenvalue weighted by molar-refractivity contribution is 5.09. The first kappa shape index (κ1) is 13.1. The molecule has 2 aliphatic rings. The summed E-state index contributed by atoms with van der Waals surface area (Å²) in [5.41, 5.74) is 0. The quantitative estimate of drug-likeness (QED) is 0.566. The van der Waals surface area contributed by atoms with E-state index in [2.05, 4.69) is 26.0 Å². The molecule has 0 N–H and O–H groups in total. The van der Waals surface area contributed by atoms with E-state index >= 15 is 0 Å². The van der Waals surface area contributed by atoms with Crippen molar-refractivity contribution in [2.45, 2.75) is 52.4 Å². The van der Waals surface area contributed by atoms with E-state index in [9.17, 15) is 0 Å². The van der Waals surface area contributed by atoms with Crippen LogP contribution in [-0.2, 0) is 4.74 Å². The molecular weight excluding hydrogens is 208 g/mol. The number of allylic oxidation sites excluding steroid dienone is 2. The van der Waals surface area contributed by atoms with Gasteiger partial charge in [0.2, 0.25) is 0 Å². The Bertz CT molecular complexity index is 246. The van der Waals surface area contributed by atoms with E-state index in [1.165, 1.54) is 38.5 Å². The zero-order chi connectivity index (χ0) is 12.1. The van der Waals surface area contributed by atoms with Crippen LogP contribution < -0.4 is 0 Å². The van der Waals surface area contributed by atoms with Gasteiger partial charge in [0.15, 0.2) is 0 Å². The lowest BCUT2D eigenvalue weighted by atomic mass is 9.94. The van der Waals surface area contributed by atoms with Crippen molar-refractivity contribution in [3.8, 4) is 0 Å². The summed E-state index contributed by atoms with van der Waals surface area (Å²) in [6, 6.07) is 0. The molecule has 17 heavy (non-hydrogen) atoms. The summed E-state index contributed by atoms with van der Waals surface area (Å²) >= 11 is 0. The number of hydrogen-bond donors (Lipinski definition) is 0. The summed E-state index contributed by atoms with van der Waals surface area (Å²) in [6.07, 6.45) is 12.9. The minimum atomic E-state index is 0.795. The van der Waals surface area contributed by atoms with Crippen molar-refractivity contribution in [1.82, 2.24) is 0 Å². The average Bonchev–Trinajstić information content (AvgIpc) is 2.95. The zero-order valence-electron chi connectivity index (χ0n) is 11.5. The maximum absolute atomic E-state index is 5.99. The van der Waals surface area contributed by atoms with E-state index < -0.39 is 0 Å². The van der Waals surface area contributed by atoms with Crippen LogP contribution in [0.15, 0.2) is 12.2 Å². The second-order valence-electron chi connectivity index (χ2n) is 5.99. The van der Waals surface area contributed by atoms with Gasteiger partial charge < -0.3 is 4.74 Å². The number of unbranched alkanes of at least 4 members (excludes halogenated alkanes) is 1. The third-order valence-electron chi connectivity index (χ3n) is 4.65. The van der Waals surface area contributed by atoms with Gasteiger partial charge in [0.25, 0.3) is 0 Å². The molecule has 0 aromatic carbocycles. The van der Waals surface area contributed by atoms with E-state index in [0.29, 0.717) is 0 Å². The Kier molecular flexibility index (Phi) is 5.09. The molecule has 0 radical (unpaired) electrons. The smallest absolute Gasteiger partial charge is 0.0500 e. The van der Waals surface area contributed by atoms with E-state index in [1.807, 2.05) is 0 Å². The average molecular weight is 236 g/mol. The summed E-state index contributed by atoms with van der Waals surface area (Å²) < 4.78 is 5.99. The van der Waals surface area contributed by atoms with E-state index in [1.54, 1.807) is 0 Å². The lowest BCUT2D eigenvalue weighted by Gasteiger charge is -2.20. The lowest BCUT2D eigenvalue weighted by Crippen LogP contribution is -2.17. The summed E-state index contributed by atoms with van der Waals surface area (Å²) in [7, 11) is 0. The van der Waals surface area contributed by atoms with Crippen molar-refractivity contribution in [3.05, 3.63) is 12.2 Å². The van der Waals surface area contributed by atoms with Crippen LogP contribution in [0.4, 0.5) is 0 Å². The van der Waals surface area contributed by atoms with Gasteiger partial charge in [-0.1, -0.05) is 45.3 Å². The van der Waals surface area contributed by atoms with Gasteiger partial charge in [-0.15, -0.1) is 0 Å². The van der Waals surface area contributed by atoms with Crippen LogP contribution in [0, 0.1) is 23.7 Å². The van der Waals surface area contributed by atoms with Gasteiger partial charge in [-0.2, -0.15) is 0 Å². The Hall–Kier alpha value is -0.300. The fraction of sp³-hybridized carbons (Fsp3) is 0.875. The van der Waals surface area contributed by atoms with E-state index in [-0.39, 0.29) is 0 Å². The first-order valence-corrected chi connectivity index (χ1v) is 7.59. The molecule has 1 nitrogen and oxygen atoms in total. The van der Waals surface area contributed by atoms with Gasteiger partial charge in [-0.3, -0.25) is 0 Å². The third kappa shape index (κ3) is 3.58. The molecule has 2 bridgehead atoms. The Balaban J connectivity index is 1.60. The minimum Gasteiger partial charge on any atom is -0.381 e. The summed E-state index contributed by atoms with van der Waals surface area (Å²) in [4.78, 5) is 0. The van der Waals surface area contributed by atoms with Crippen LogP contribution in [-0.4, -0.2) is 13.2 Å². The molecule has 1 heteroatoms. The van der Waals surface area contributed by atoms with Gasteiger partial charge in [0, 0.05) is 13.2 Å². The number of hydrogen-bond acceptors (Lipinski definition) is 1. The van der Waals surface area contributed by atoms with Crippen LogP contribution in [0.25, 0.3) is 0 Å². The van der Waals surface area contributed by atoms with Crippen LogP contribution in [0.1, 0.15) is 52.4 Å². The van der Waals surface area contributed by atoms with E-state index in [4.69, 9.17) is 4.74 Å². The molecule has 1 saturated carbocycles. The Morgan fingerprint density at radius 2 is 2.12 bits per heavy atom. The molecule has 1 fully saturated rings. The van der Waals surface area contributed by atoms with Crippen molar-refractivity contribution in [3.63, 3.8) is 0 Å². The molecule has 98 valence electrons. The standard InChI is InChI=1S/C16H28O/c1-3-5-6-13(4-2)11-17-12-16-10-14-7-8-15(16)9-14/h7-8,13-16H,3-6,9-12H2,1-2H3. The first-order chi connectivity index (χ1) is 8.33. The topological polar surface area (TPSA) is 9.23 Å². The van der Waals surface area contributed by atoms with Crippen LogP contribution in [0.5, 0.6) is 0 Å². The monoisotopic (exact) mass is 236 g/mol. The molecule has 0 saturated heterocycles. The molecule has 2 aliphatic carbocycles. The Morgan fingerprint density at radius 3 is 2.71 bits per heavy atom. The second kappa shape index (κ2) is 6.58. The van der Waals surface area contributed by atoms with E-state index in [0.717, 1.165) is 36.9 Å². The highest BCUT2D eigenvalue weighted by Crippen LogP contribution is 2.43. The predicted molar refractivity (Wildman–Crippen MR) is 73.0 cm³/mol. The molecule has 4 atom stereocenters. The molecule has 0 amide bonds. The van der Waals surface area contributed by atoms with Crippen molar-refractivity contribution in [2.24, 2.45) is 23.7 Å². The van der Waals surface area contributed by atoms with Crippen LogP contribution in [0.2, 0.25) is 0 Å². The fourth-order valence-electron chi connectivity index (χ4n) is 3.37. The molecule has 2 rings (SSSR count). The zero-order valence-corrected chi connectivity index (χ0v) is 11.5. The summed E-state index contributed by atoms with van der Waals surface area (Å²) in [6.45, 7) is 6.57. The van der Waals surface area contributed by atoms with Gasteiger partial charge in [-0.25, -0.2) is 0 Å². The SMILES string of the molecule is CCCCC(CC)COCC1CC2C=CC1C2. The number of ether oxygens (including phenoxy) is 1. The van der Waals surface area contributed by atoms with Gasteiger partial charge >= 0.3 is 0 Å². The minimum absolute atomic E-state index is 0.795. The molecular formula is C16H28O. The van der Waals surface area contributed by atoms with Crippen molar-refractivity contribution in [2.75, 3.05) is 13.2 Å². The normalized spacial score (nSPS) is 32.2. The maximum Gasteiger partial charge on any atom is 0.0500 e. The number of rotatable bonds is 8. The maximum atomic E-state index is 5.99. The first-order valence-electron chi connectivity index (χ1n) is 7.59. The van der Waals surface area contributed by atoms with Crippen molar-refractivity contribution in [1.29, 1.82) is 0 Å². The van der Waals surface area contributed by atoms with Gasteiger partial charge in [0.1, 0.15) is 0 Å². The fourth-order valence-corrected chi connectivity index (χ4v) is 3.37. The van der Waals surface area contributed by atoms with Crippen LogP contribution >= 0.6 is 0 Å². The Morgan fingerprint density at radius 1 is 1.24 bits per heavy atom. The highest BCUT2D eigenvalue weighted by Gasteiger charge is 2.35. The molecule has 4 unspecified atom stereocenters. The molecule has 0 heterocycles. The van der Waals surface area contributed by atoms with Gasteiger partial charge in [-0.05, 0) is 42.9 Å². The highest BCUT2D eigenvalue weighted by atomic mass is 16.5. The van der Waals surface area contributed by atoms with Crippen LogP contribution in [0.3, 0.4) is 0 Å². The molecule has 0 aliphatic heterocycles.